The van der Waals surface area contributed by atoms with Crippen LogP contribution >= 0.6 is 9.24 Å². The molecule has 9 heavy (non-hydrogen) atoms. The molecule has 0 bridgehead atoms. The minimum absolute atomic E-state index is 0.612. The number of benzene rings is 1. The highest BCUT2D eigenvalue weighted by atomic mass is 31.0. The van der Waals surface area contributed by atoms with Crippen LogP contribution in [0.2, 0.25) is 0 Å². The van der Waals surface area contributed by atoms with E-state index in [1.807, 2.05) is 6.07 Å². The van der Waals surface area contributed by atoms with Crippen LogP contribution in [0.25, 0.3) is 0 Å². The Balaban J connectivity index is 2.85. The fourth-order valence-corrected chi connectivity index (χ4v) is 0.784. The van der Waals surface area contributed by atoms with E-state index in [0.29, 0.717) is 5.56 Å². The predicted molar refractivity (Wildman–Crippen MR) is 37.2 cm³/mol. The standard InChI is InChI=1S/C7H6FP/c8-7(9)6-4-2-1-3-5-6/h1-5,7H. The Morgan fingerprint density at radius 1 is 1.22 bits per heavy atom. The SMILES string of the molecule is FC([P])c1ccccc1. The van der Waals surface area contributed by atoms with E-state index in [2.05, 4.69) is 9.24 Å². The average Bonchev–Trinajstić information content (AvgIpc) is 1.90. The van der Waals surface area contributed by atoms with E-state index in [4.69, 9.17) is 0 Å². The lowest BCUT2D eigenvalue weighted by Crippen LogP contribution is -1.77. The quantitative estimate of drug-likeness (QED) is 0.526. The Labute approximate surface area is 56.3 Å². The smallest absolute Gasteiger partial charge is 0.152 e. The number of hydrogen-bond acceptors (Lipinski definition) is 0. The maximum atomic E-state index is 12.3. The Hall–Kier alpha value is -0.420. The van der Waals surface area contributed by atoms with Gasteiger partial charge in [-0.1, -0.05) is 30.3 Å². The van der Waals surface area contributed by atoms with Gasteiger partial charge in [0, 0.05) is 9.24 Å². The maximum Gasteiger partial charge on any atom is 0.152 e. The highest BCUT2D eigenvalue weighted by molar-refractivity contribution is 7.16. The number of alkyl halides is 1. The molecule has 2 heteroatoms. The van der Waals surface area contributed by atoms with E-state index in [9.17, 15) is 4.39 Å². The third-order valence-corrected chi connectivity index (χ3v) is 1.37. The van der Waals surface area contributed by atoms with Crippen molar-refractivity contribution in [2.45, 2.75) is 5.91 Å². The van der Waals surface area contributed by atoms with Gasteiger partial charge in [-0.05, 0) is 5.56 Å². The van der Waals surface area contributed by atoms with Gasteiger partial charge in [-0.15, -0.1) is 0 Å². The predicted octanol–water partition coefficient (Wildman–Crippen LogP) is 3.07. The summed E-state index contributed by atoms with van der Waals surface area (Å²) in [6.45, 7) is 0. The first-order chi connectivity index (χ1) is 4.30. The van der Waals surface area contributed by atoms with E-state index in [1.165, 1.54) is 0 Å². The molecular weight excluding hydrogens is 134 g/mol. The summed E-state index contributed by atoms with van der Waals surface area (Å²) in [4.78, 5) is 0. The second-order valence-electron chi connectivity index (χ2n) is 1.75. The largest absolute Gasteiger partial charge is 0.237 e. The molecule has 0 N–H and O–H groups in total. The molecule has 2 radical (unpaired) electrons. The van der Waals surface area contributed by atoms with Crippen LogP contribution in [0.1, 0.15) is 11.5 Å². The van der Waals surface area contributed by atoms with Crippen molar-refractivity contribution in [2.24, 2.45) is 0 Å². The Kier molecular flexibility index (Phi) is 2.18. The molecular formula is C7H6FP. The molecule has 0 saturated carbocycles. The van der Waals surface area contributed by atoms with Crippen LogP contribution in [0, 0.1) is 0 Å². The number of hydrogen-bond donors (Lipinski definition) is 0. The average molecular weight is 140 g/mol. The van der Waals surface area contributed by atoms with Gasteiger partial charge in [0.1, 0.15) is 0 Å². The monoisotopic (exact) mass is 140 g/mol. The van der Waals surface area contributed by atoms with Crippen molar-refractivity contribution < 1.29 is 4.39 Å². The normalized spacial score (nSPS) is 13.1. The van der Waals surface area contributed by atoms with Crippen molar-refractivity contribution in [3.05, 3.63) is 35.9 Å². The molecule has 0 aliphatic rings. The van der Waals surface area contributed by atoms with Crippen LogP contribution in [0.3, 0.4) is 0 Å². The minimum atomic E-state index is -1.15. The number of rotatable bonds is 1. The van der Waals surface area contributed by atoms with Gasteiger partial charge in [0.15, 0.2) is 5.91 Å². The third-order valence-electron chi connectivity index (χ3n) is 1.07. The molecule has 46 valence electrons. The molecule has 0 amide bonds. The summed E-state index contributed by atoms with van der Waals surface area (Å²) in [5, 5.41) is 0. The first kappa shape index (κ1) is 6.70. The van der Waals surface area contributed by atoms with Gasteiger partial charge in [0.25, 0.3) is 0 Å². The molecule has 1 aromatic rings. The summed E-state index contributed by atoms with van der Waals surface area (Å²) in [6, 6.07) is 8.84. The van der Waals surface area contributed by atoms with Crippen LogP contribution in [-0.4, -0.2) is 0 Å². The van der Waals surface area contributed by atoms with Gasteiger partial charge < -0.3 is 0 Å². The lowest BCUT2D eigenvalue weighted by Gasteiger charge is -1.96. The second kappa shape index (κ2) is 2.93. The van der Waals surface area contributed by atoms with Crippen LogP contribution in [0.15, 0.2) is 30.3 Å². The molecule has 1 rings (SSSR count). The first-order valence-electron chi connectivity index (χ1n) is 2.68. The fraction of sp³-hybridized carbons (Fsp3) is 0.143. The molecule has 0 aliphatic heterocycles. The zero-order valence-corrected chi connectivity index (χ0v) is 5.68. The van der Waals surface area contributed by atoms with Gasteiger partial charge in [-0.3, -0.25) is 0 Å². The minimum Gasteiger partial charge on any atom is -0.237 e. The zero-order valence-electron chi connectivity index (χ0n) is 4.79. The summed E-state index contributed by atoms with van der Waals surface area (Å²) >= 11 is 0. The maximum absolute atomic E-state index is 12.3. The van der Waals surface area contributed by atoms with Crippen molar-refractivity contribution in [2.75, 3.05) is 0 Å². The summed E-state index contributed by atoms with van der Waals surface area (Å²) in [5.41, 5.74) is 0.612. The molecule has 0 fully saturated rings. The van der Waals surface area contributed by atoms with E-state index in [1.54, 1.807) is 24.3 Å². The van der Waals surface area contributed by atoms with E-state index in [-0.39, 0.29) is 0 Å². The van der Waals surface area contributed by atoms with Gasteiger partial charge in [-0.2, -0.15) is 0 Å². The van der Waals surface area contributed by atoms with Crippen LogP contribution in [0.5, 0.6) is 0 Å². The Bertz CT molecular complexity index is 172. The number of halogens is 1. The van der Waals surface area contributed by atoms with Crippen molar-refractivity contribution in [1.82, 2.24) is 0 Å². The lowest BCUT2D eigenvalue weighted by atomic mass is 10.2. The van der Waals surface area contributed by atoms with Crippen LogP contribution < -0.4 is 0 Å². The van der Waals surface area contributed by atoms with Crippen molar-refractivity contribution >= 4 is 9.24 Å². The molecule has 1 atom stereocenters. The van der Waals surface area contributed by atoms with Crippen LogP contribution in [0.4, 0.5) is 4.39 Å². The van der Waals surface area contributed by atoms with Crippen molar-refractivity contribution in [3.63, 3.8) is 0 Å². The van der Waals surface area contributed by atoms with Gasteiger partial charge >= 0.3 is 0 Å². The molecule has 1 aromatic carbocycles. The molecule has 0 spiro atoms. The molecule has 0 heterocycles. The summed E-state index contributed by atoms with van der Waals surface area (Å²) in [5.74, 6) is -1.15. The highest BCUT2D eigenvalue weighted by Gasteiger charge is 1.99. The first-order valence-corrected chi connectivity index (χ1v) is 3.19. The van der Waals surface area contributed by atoms with E-state index >= 15 is 0 Å². The van der Waals surface area contributed by atoms with E-state index in [0.717, 1.165) is 0 Å². The zero-order chi connectivity index (χ0) is 6.69. The Morgan fingerprint density at radius 3 is 2.11 bits per heavy atom. The fourth-order valence-electron chi connectivity index (χ4n) is 0.612. The summed E-state index contributed by atoms with van der Waals surface area (Å²) in [6.07, 6.45) is 0. The molecule has 0 nitrogen and oxygen atoms in total. The van der Waals surface area contributed by atoms with Crippen molar-refractivity contribution in [1.29, 1.82) is 0 Å². The van der Waals surface area contributed by atoms with Crippen LogP contribution in [-0.2, 0) is 0 Å². The molecule has 0 aliphatic carbocycles. The summed E-state index contributed by atoms with van der Waals surface area (Å²) in [7, 11) is 3.62. The summed E-state index contributed by atoms with van der Waals surface area (Å²) < 4.78 is 12.3. The van der Waals surface area contributed by atoms with Gasteiger partial charge in [0.2, 0.25) is 0 Å². The molecule has 0 saturated heterocycles. The second-order valence-corrected chi connectivity index (χ2v) is 2.20. The third kappa shape index (κ3) is 1.76. The molecule has 0 aromatic heterocycles. The van der Waals surface area contributed by atoms with Gasteiger partial charge in [-0.25, -0.2) is 4.39 Å². The topological polar surface area (TPSA) is 0 Å². The highest BCUT2D eigenvalue weighted by Crippen LogP contribution is 2.22. The molecule has 1 unspecified atom stereocenters. The Morgan fingerprint density at radius 2 is 1.78 bits per heavy atom. The van der Waals surface area contributed by atoms with Crippen molar-refractivity contribution in [3.8, 4) is 0 Å². The van der Waals surface area contributed by atoms with E-state index < -0.39 is 5.91 Å². The lowest BCUT2D eigenvalue weighted by molar-refractivity contribution is 0.469. The van der Waals surface area contributed by atoms with Gasteiger partial charge in [0.05, 0.1) is 0 Å².